The minimum Gasteiger partial charge on any atom is -0.463 e. The lowest BCUT2D eigenvalue weighted by Gasteiger charge is -2.32. The molecule has 27 heavy (non-hydrogen) atoms. The first-order valence-corrected chi connectivity index (χ1v) is 10.2. The van der Waals surface area contributed by atoms with E-state index in [0.717, 1.165) is 10.3 Å². The van der Waals surface area contributed by atoms with Crippen LogP contribution in [0, 0.1) is 0 Å². The van der Waals surface area contributed by atoms with E-state index in [2.05, 4.69) is 10.6 Å². The number of carbonyl (C=O) groups excluding carboxylic acids is 1. The summed E-state index contributed by atoms with van der Waals surface area (Å²) in [7, 11) is -0.501. The summed E-state index contributed by atoms with van der Waals surface area (Å²) in [4.78, 5) is 12.6. The second-order valence-electron chi connectivity index (χ2n) is 7.62. The van der Waals surface area contributed by atoms with Crippen molar-refractivity contribution in [1.82, 2.24) is 10.6 Å². The van der Waals surface area contributed by atoms with E-state index in [-0.39, 0.29) is 5.97 Å². The molecule has 0 unspecified atom stereocenters. The Hall–Kier alpha value is -1.42. The molecule has 6 nitrogen and oxygen atoms in total. The number of ether oxygens (including phenoxy) is 1. The lowest BCUT2D eigenvalue weighted by Crippen LogP contribution is -2.47. The molecule has 146 valence electrons. The maximum Gasteiger partial charge on any atom is 0.505 e. The molecule has 9 heteroatoms. The predicted octanol–water partition coefficient (Wildman–Crippen LogP) is 2.40. The van der Waals surface area contributed by atoms with Crippen LogP contribution in [0.15, 0.2) is 22.7 Å². The zero-order valence-electron chi connectivity index (χ0n) is 16.5. The number of hydrogen-bond donors (Lipinski definition) is 2. The highest BCUT2D eigenvalue weighted by Crippen LogP contribution is 2.38. The van der Waals surface area contributed by atoms with Gasteiger partial charge in [-0.15, -0.1) is 0 Å². The van der Waals surface area contributed by atoms with E-state index < -0.39 is 24.4 Å². The molecule has 0 aromatic carbocycles. The molecular formula is C18H25BN2O4S2. The van der Waals surface area contributed by atoms with Gasteiger partial charge < -0.3 is 24.7 Å². The SMILES string of the molecule is CCOC(=O)C1=C(C)NC(=S)N[C@H]1c1ccsc1B1OC(C)(C)C(C)(C)O1. The van der Waals surface area contributed by atoms with Gasteiger partial charge in [-0.05, 0) is 70.8 Å². The van der Waals surface area contributed by atoms with Gasteiger partial charge in [0, 0.05) is 10.5 Å². The molecule has 0 bridgehead atoms. The topological polar surface area (TPSA) is 68.8 Å². The normalized spacial score (nSPS) is 23.9. The van der Waals surface area contributed by atoms with Gasteiger partial charge in [-0.25, -0.2) is 4.79 Å². The Morgan fingerprint density at radius 1 is 1.33 bits per heavy atom. The molecule has 2 aliphatic heterocycles. The Bertz CT molecular complexity index is 787. The molecule has 1 aromatic rings. The molecule has 3 heterocycles. The van der Waals surface area contributed by atoms with Crippen molar-refractivity contribution in [2.45, 2.75) is 58.8 Å². The molecule has 0 radical (unpaired) electrons. The van der Waals surface area contributed by atoms with Crippen molar-refractivity contribution in [3.05, 3.63) is 28.3 Å². The van der Waals surface area contributed by atoms with Crippen LogP contribution in [0.5, 0.6) is 0 Å². The first kappa shape index (κ1) is 20.3. The van der Waals surface area contributed by atoms with Crippen LogP contribution in [0.1, 0.15) is 53.1 Å². The number of rotatable bonds is 4. The van der Waals surface area contributed by atoms with Gasteiger partial charge in [0.15, 0.2) is 5.11 Å². The molecule has 1 atom stereocenters. The minimum atomic E-state index is -0.501. The van der Waals surface area contributed by atoms with E-state index >= 15 is 0 Å². The van der Waals surface area contributed by atoms with Gasteiger partial charge in [-0.2, -0.15) is 11.3 Å². The third-order valence-corrected chi connectivity index (χ3v) is 6.44. The summed E-state index contributed by atoms with van der Waals surface area (Å²) in [5.41, 5.74) is 1.23. The Morgan fingerprint density at radius 2 is 1.96 bits per heavy atom. The highest BCUT2D eigenvalue weighted by Gasteiger charge is 2.53. The van der Waals surface area contributed by atoms with Crippen LogP contribution >= 0.6 is 23.6 Å². The van der Waals surface area contributed by atoms with Crippen LogP contribution in [0.3, 0.4) is 0 Å². The van der Waals surface area contributed by atoms with Crippen LogP contribution in [-0.2, 0) is 18.8 Å². The third kappa shape index (κ3) is 3.65. The van der Waals surface area contributed by atoms with Crippen molar-refractivity contribution in [2.75, 3.05) is 6.61 Å². The third-order valence-electron chi connectivity index (χ3n) is 5.27. The molecule has 3 rings (SSSR count). The molecule has 1 aromatic heterocycles. The van der Waals surface area contributed by atoms with Gasteiger partial charge in [0.25, 0.3) is 0 Å². The molecule has 0 saturated carbocycles. The Morgan fingerprint density at radius 3 is 2.56 bits per heavy atom. The number of carbonyl (C=O) groups is 1. The molecule has 0 aliphatic carbocycles. The summed E-state index contributed by atoms with van der Waals surface area (Å²) >= 11 is 6.86. The number of esters is 1. The zero-order valence-corrected chi connectivity index (χ0v) is 18.1. The second kappa shape index (κ2) is 7.20. The molecule has 1 saturated heterocycles. The molecule has 0 amide bonds. The highest BCUT2D eigenvalue weighted by atomic mass is 32.1. The van der Waals surface area contributed by atoms with E-state index in [1.54, 1.807) is 18.3 Å². The van der Waals surface area contributed by atoms with Crippen LogP contribution in [0.2, 0.25) is 0 Å². The number of allylic oxidation sites excluding steroid dienone is 1. The van der Waals surface area contributed by atoms with Crippen LogP contribution in [0.25, 0.3) is 0 Å². The summed E-state index contributed by atoms with van der Waals surface area (Å²) in [6, 6.07) is 1.56. The van der Waals surface area contributed by atoms with E-state index in [1.807, 2.05) is 46.1 Å². The first-order chi connectivity index (χ1) is 12.6. The average molecular weight is 408 g/mol. The van der Waals surface area contributed by atoms with Gasteiger partial charge in [0.1, 0.15) is 0 Å². The Kier molecular flexibility index (Phi) is 5.42. The highest BCUT2D eigenvalue weighted by molar-refractivity contribution is 7.80. The summed E-state index contributed by atoms with van der Waals surface area (Å²) in [6.45, 7) is 12.0. The first-order valence-electron chi connectivity index (χ1n) is 8.95. The van der Waals surface area contributed by atoms with Gasteiger partial charge >= 0.3 is 13.1 Å². The van der Waals surface area contributed by atoms with Crippen LogP contribution in [-0.4, -0.2) is 36.0 Å². The summed E-state index contributed by atoms with van der Waals surface area (Å²) < 4.78 is 18.6. The number of thiocarbonyl (C=S) groups is 1. The predicted molar refractivity (Wildman–Crippen MR) is 111 cm³/mol. The molecule has 2 N–H and O–H groups in total. The van der Waals surface area contributed by atoms with Crippen molar-refractivity contribution >= 4 is 46.5 Å². The van der Waals surface area contributed by atoms with Crippen LogP contribution < -0.4 is 15.4 Å². The van der Waals surface area contributed by atoms with Crippen LogP contribution in [0.4, 0.5) is 0 Å². The number of hydrogen-bond acceptors (Lipinski definition) is 6. The molecule has 1 fully saturated rings. The summed E-state index contributed by atoms with van der Waals surface area (Å²) in [6.07, 6.45) is 0. The Labute approximate surface area is 169 Å². The largest absolute Gasteiger partial charge is 0.505 e. The van der Waals surface area contributed by atoms with Gasteiger partial charge in [-0.1, -0.05) is 0 Å². The molecule has 0 spiro atoms. The maximum absolute atomic E-state index is 12.6. The maximum atomic E-state index is 12.6. The van der Waals surface area contributed by atoms with Crippen molar-refractivity contribution in [3.63, 3.8) is 0 Å². The monoisotopic (exact) mass is 408 g/mol. The smallest absolute Gasteiger partial charge is 0.463 e. The number of nitrogens with one attached hydrogen (secondary N) is 2. The van der Waals surface area contributed by atoms with E-state index in [4.69, 9.17) is 26.3 Å². The van der Waals surface area contributed by atoms with Crippen molar-refractivity contribution < 1.29 is 18.8 Å². The fourth-order valence-electron chi connectivity index (χ4n) is 3.12. The van der Waals surface area contributed by atoms with Gasteiger partial charge in [-0.3, -0.25) is 0 Å². The average Bonchev–Trinajstić information content (AvgIpc) is 3.09. The fraction of sp³-hybridized carbons (Fsp3) is 0.556. The minimum absolute atomic E-state index is 0.306. The van der Waals surface area contributed by atoms with E-state index in [0.29, 0.717) is 23.0 Å². The lowest BCUT2D eigenvalue weighted by atomic mass is 9.81. The van der Waals surface area contributed by atoms with Gasteiger partial charge in [0.2, 0.25) is 0 Å². The second-order valence-corrected chi connectivity index (χ2v) is 8.98. The van der Waals surface area contributed by atoms with Crippen molar-refractivity contribution in [1.29, 1.82) is 0 Å². The fourth-order valence-corrected chi connectivity index (χ4v) is 4.28. The standard InChI is InChI=1S/C18H25BN2O4S2/c1-7-23-15(22)12-10(2)20-16(26)21-13(12)11-8-9-27-14(11)19-24-17(3,4)18(5,6)25-19/h8-9,13H,7H2,1-6H3,(H2,20,21,26)/t13-/m0/s1. The summed E-state index contributed by atoms with van der Waals surface area (Å²) in [5, 5.41) is 8.66. The zero-order chi connectivity index (χ0) is 20.0. The molecule has 2 aliphatic rings. The summed E-state index contributed by atoms with van der Waals surface area (Å²) in [5.74, 6) is -0.367. The molecular weight excluding hydrogens is 383 g/mol. The quantitative estimate of drug-likeness (QED) is 0.451. The Balaban J connectivity index is 2.00. The van der Waals surface area contributed by atoms with Crippen molar-refractivity contribution in [3.8, 4) is 0 Å². The van der Waals surface area contributed by atoms with E-state index in [1.165, 1.54) is 0 Å². The van der Waals surface area contributed by atoms with E-state index in [9.17, 15) is 4.79 Å². The number of thiophene rings is 1. The van der Waals surface area contributed by atoms with Crippen molar-refractivity contribution in [2.24, 2.45) is 0 Å². The van der Waals surface area contributed by atoms with Gasteiger partial charge in [0.05, 0.1) is 29.4 Å². The lowest BCUT2D eigenvalue weighted by molar-refractivity contribution is -0.139.